The number of carbonyl (C=O) groups is 2. The lowest BCUT2D eigenvalue weighted by Crippen LogP contribution is -2.33. The van der Waals surface area contributed by atoms with Crippen LogP contribution < -0.4 is 5.32 Å². The van der Waals surface area contributed by atoms with Crippen LogP contribution in [-0.2, 0) is 11.2 Å². The topological polar surface area (TPSA) is 66.4 Å². The molecule has 0 fully saturated rings. The van der Waals surface area contributed by atoms with E-state index in [-0.39, 0.29) is 12.5 Å². The zero-order valence-electron chi connectivity index (χ0n) is 13.6. The summed E-state index contributed by atoms with van der Waals surface area (Å²) in [5, 5.41) is 12.1. The van der Waals surface area contributed by atoms with Crippen LogP contribution in [-0.4, -0.2) is 23.5 Å². The third-order valence-corrected chi connectivity index (χ3v) is 4.96. The molecule has 0 saturated carbocycles. The Balaban J connectivity index is 1.99. The Kier molecular flexibility index (Phi) is 5.55. The molecular formula is C18H21NO3S. The van der Waals surface area contributed by atoms with Gasteiger partial charge in [0.15, 0.2) is 0 Å². The van der Waals surface area contributed by atoms with E-state index in [1.54, 1.807) is 0 Å². The smallest absolute Gasteiger partial charge is 0.308 e. The first-order valence-corrected chi connectivity index (χ1v) is 8.32. The highest BCUT2D eigenvalue weighted by molar-refractivity contribution is 7.14. The molecule has 0 aliphatic rings. The Hall–Kier alpha value is -2.14. The number of rotatable bonds is 6. The second kappa shape index (κ2) is 7.42. The van der Waals surface area contributed by atoms with Gasteiger partial charge >= 0.3 is 5.97 Å². The van der Waals surface area contributed by atoms with Gasteiger partial charge in [-0.1, -0.05) is 29.8 Å². The van der Waals surface area contributed by atoms with Crippen LogP contribution >= 0.6 is 11.3 Å². The first-order chi connectivity index (χ1) is 10.9. The molecule has 0 aliphatic heterocycles. The predicted octanol–water partition coefficient (Wildman–Crippen LogP) is 3.35. The van der Waals surface area contributed by atoms with E-state index in [2.05, 4.69) is 5.32 Å². The quantitative estimate of drug-likeness (QED) is 0.853. The summed E-state index contributed by atoms with van der Waals surface area (Å²) < 4.78 is 0. The molecule has 1 atom stereocenters. The van der Waals surface area contributed by atoms with E-state index >= 15 is 0 Å². The third-order valence-electron chi connectivity index (χ3n) is 3.81. The van der Waals surface area contributed by atoms with Gasteiger partial charge in [-0.3, -0.25) is 9.59 Å². The molecule has 0 bridgehead atoms. The van der Waals surface area contributed by atoms with Crippen molar-refractivity contribution in [3.63, 3.8) is 0 Å². The molecular weight excluding hydrogens is 310 g/mol. The number of hydrogen-bond donors (Lipinski definition) is 2. The van der Waals surface area contributed by atoms with Crippen LogP contribution in [0.15, 0.2) is 30.3 Å². The Morgan fingerprint density at radius 2 is 1.96 bits per heavy atom. The van der Waals surface area contributed by atoms with E-state index in [4.69, 9.17) is 0 Å². The van der Waals surface area contributed by atoms with Crippen LogP contribution in [0.5, 0.6) is 0 Å². The van der Waals surface area contributed by atoms with Gasteiger partial charge in [0.1, 0.15) is 0 Å². The number of aliphatic carboxylic acids is 1. The van der Waals surface area contributed by atoms with E-state index in [0.717, 1.165) is 21.6 Å². The molecule has 0 spiro atoms. The number of aryl methyl sites for hydroxylation is 3. The second-order valence-corrected chi connectivity index (χ2v) is 7.04. The molecule has 1 aromatic heterocycles. The SMILES string of the molecule is Cc1cccc(CC(CNC(=O)c2cc(C)c(C)s2)C(=O)O)c1. The summed E-state index contributed by atoms with van der Waals surface area (Å²) in [6, 6.07) is 9.62. The molecule has 122 valence electrons. The van der Waals surface area contributed by atoms with Crippen LogP contribution in [0.25, 0.3) is 0 Å². The molecule has 0 aliphatic carbocycles. The Labute approximate surface area is 140 Å². The van der Waals surface area contributed by atoms with E-state index in [1.807, 2.05) is 51.1 Å². The largest absolute Gasteiger partial charge is 0.481 e. The highest BCUT2D eigenvalue weighted by atomic mass is 32.1. The minimum Gasteiger partial charge on any atom is -0.481 e. The molecule has 2 N–H and O–H groups in total. The maximum Gasteiger partial charge on any atom is 0.308 e. The molecule has 2 aromatic rings. The van der Waals surface area contributed by atoms with Gasteiger partial charge in [0.25, 0.3) is 5.91 Å². The van der Waals surface area contributed by atoms with Gasteiger partial charge in [-0.05, 0) is 44.4 Å². The van der Waals surface area contributed by atoms with Crippen molar-refractivity contribution in [2.24, 2.45) is 5.92 Å². The summed E-state index contributed by atoms with van der Waals surface area (Å²) in [6.45, 7) is 6.02. The summed E-state index contributed by atoms with van der Waals surface area (Å²) in [6.07, 6.45) is 0.403. The van der Waals surface area contributed by atoms with Crippen LogP contribution in [0, 0.1) is 26.7 Å². The average molecular weight is 331 g/mol. The first-order valence-electron chi connectivity index (χ1n) is 7.50. The lowest BCUT2D eigenvalue weighted by molar-refractivity contribution is -0.141. The Bertz CT molecular complexity index is 701. The molecule has 0 saturated heterocycles. The lowest BCUT2D eigenvalue weighted by Gasteiger charge is -2.13. The number of nitrogens with one attached hydrogen (secondary N) is 1. The van der Waals surface area contributed by atoms with Crippen molar-refractivity contribution >= 4 is 23.2 Å². The molecule has 1 aromatic carbocycles. The third kappa shape index (κ3) is 4.66. The van der Waals surface area contributed by atoms with Gasteiger partial charge in [0.05, 0.1) is 10.8 Å². The van der Waals surface area contributed by atoms with Crippen molar-refractivity contribution in [3.8, 4) is 0 Å². The molecule has 1 unspecified atom stereocenters. The average Bonchev–Trinajstić information content (AvgIpc) is 2.82. The zero-order valence-corrected chi connectivity index (χ0v) is 14.4. The van der Waals surface area contributed by atoms with Gasteiger partial charge in [0.2, 0.25) is 0 Å². The fraction of sp³-hybridized carbons (Fsp3) is 0.333. The zero-order chi connectivity index (χ0) is 17.0. The van der Waals surface area contributed by atoms with Gasteiger partial charge in [-0.25, -0.2) is 0 Å². The maximum absolute atomic E-state index is 12.2. The van der Waals surface area contributed by atoms with Crippen LogP contribution in [0.2, 0.25) is 0 Å². The minimum atomic E-state index is -0.898. The molecule has 2 rings (SSSR count). The van der Waals surface area contributed by atoms with Crippen molar-refractivity contribution in [1.82, 2.24) is 5.32 Å². The number of carboxylic acids is 1. The fourth-order valence-corrected chi connectivity index (χ4v) is 3.31. The van der Waals surface area contributed by atoms with E-state index in [9.17, 15) is 14.7 Å². The normalized spacial score (nSPS) is 12.0. The van der Waals surface area contributed by atoms with Crippen LogP contribution in [0.4, 0.5) is 0 Å². The van der Waals surface area contributed by atoms with Crippen molar-refractivity contribution in [2.75, 3.05) is 6.54 Å². The predicted molar refractivity (Wildman–Crippen MR) is 92.1 cm³/mol. The number of hydrogen-bond acceptors (Lipinski definition) is 3. The number of carbonyl (C=O) groups excluding carboxylic acids is 1. The summed E-state index contributed by atoms with van der Waals surface area (Å²) in [7, 11) is 0. The van der Waals surface area contributed by atoms with Gasteiger partial charge in [-0.2, -0.15) is 0 Å². The number of thiophene rings is 1. The monoisotopic (exact) mass is 331 g/mol. The first kappa shape index (κ1) is 17.2. The van der Waals surface area contributed by atoms with Gasteiger partial charge in [0, 0.05) is 11.4 Å². The molecule has 4 nitrogen and oxygen atoms in total. The molecule has 5 heteroatoms. The number of carboxylic acid groups (broad SMARTS) is 1. The highest BCUT2D eigenvalue weighted by Gasteiger charge is 2.20. The van der Waals surface area contributed by atoms with Gasteiger partial charge in [-0.15, -0.1) is 11.3 Å². The standard InChI is InChI=1S/C18H21NO3S/c1-11-5-4-6-14(7-11)9-15(18(21)22)10-19-17(20)16-8-12(2)13(3)23-16/h4-8,15H,9-10H2,1-3H3,(H,19,20)(H,21,22). The van der Waals surface area contributed by atoms with Gasteiger partial charge < -0.3 is 10.4 Å². The molecule has 0 radical (unpaired) electrons. The Morgan fingerprint density at radius 3 is 2.52 bits per heavy atom. The van der Waals surface area contributed by atoms with Crippen molar-refractivity contribution in [2.45, 2.75) is 27.2 Å². The van der Waals surface area contributed by atoms with Crippen LogP contribution in [0.3, 0.4) is 0 Å². The summed E-state index contributed by atoms with van der Waals surface area (Å²) >= 11 is 1.43. The van der Waals surface area contributed by atoms with E-state index in [0.29, 0.717) is 11.3 Å². The number of benzene rings is 1. The minimum absolute atomic E-state index is 0.123. The molecule has 23 heavy (non-hydrogen) atoms. The Morgan fingerprint density at radius 1 is 1.22 bits per heavy atom. The molecule has 1 heterocycles. The number of amides is 1. The van der Waals surface area contributed by atoms with Crippen molar-refractivity contribution in [3.05, 3.63) is 56.8 Å². The second-order valence-electron chi connectivity index (χ2n) is 5.79. The highest BCUT2D eigenvalue weighted by Crippen LogP contribution is 2.20. The van der Waals surface area contributed by atoms with Crippen molar-refractivity contribution in [1.29, 1.82) is 0 Å². The van der Waals surface area contributed by atoms with E-state index in [1.165, 1.54) is 11.3 Å². The van der Waals surface area contributed by atoms with Crippen LogP contribution in [0.1, 0.15) is 31.2 Å². The lowest BCUT2D eigenvalue weighted by atomic mass is 9.98. The summed E-state index contributed by atoms with van der Waals surface area (Å²) in [4.78, 5) is 25.3. The fourth-order valence-electron chi connectivity index (χ4n) is 2.36. The maximum atomic E-state index is 12.2. The summed E-state index contributed by atoms with van der Waals surface area (Å²) in [5.41, 5.74) is 3.14. The van der Waals surface area contributed by atoms with Crippen molar-refractivity contribution < 1.29 is 14.7 Å². The van der Waals surface area contributed by atoms with E-state index < -0.39 is 11.9 Å². The summed E-state index contributed by atoms with van der Waals surface area (Å²) in [5.74, 6) is -1.74. The molecule has 1 amide bonds.